The predicted molar refractivity (Wildman–Crippen MR) is 81.2 cm³/mol. The van der Waals surface area contributed by atoms with Gasteiger partial charge in [0.1, 0.15) is 5.60 Å². The summed E-state index contributed by atoms with van der Waals surface area (Å²) in [6.07, 6.45) is 1.23. The van der Waals surface area contributed by atoms with Crippen molar-refractivity contribution in [1.29, 1.82) is 0 Å². The van der Waals surface area contributed by atoms with E-state index in [0.29, 0.717) is 0 Å². The summed E-state index contributed by atoms with van der Waals surface area (Å²) in [5, 5.41) is 1.03. The minimum absolute atomic E-state index is 0.0713. The molecule has 0 fully saturated rings. The van der Waals surface area contributed by atoms with Crippen molar-refractivity contribution in [2.45, 2.75) is 43.7 Å². The molecule has 1 aromatic carbocycles. The second-order valence-corrected chi connectivity index (χ2v) is 7.47. The standard InChI is InChI=1S/C15H21NO4S/c1-15(2,3)20-14(17)11-12(16)9-10-21(18,19)13-7-5-4-6-8-13/h4-10,12H,11,16H2,1-3H3/b10-9+. The minimum atomic E-state index is -3.54. The zero-order chi connectivity index (χ0) is 16.1. The molecule has 0 aliphatic heterocycles. The number of esters is 1. The van der Waals surface area contributed by atoms with Crippen molar-refractivity contribution < 1.29 is 17.9 Å². The van der Waals surface area contributed by atoms with Crippen LogP contribution in [0.2, 0.25) is 0 Å². The fourth-order valence-corrected chi connectivity index (χ4v) is 2.64. The molecule has 1 rings (SSSR count). The van der Waals surface area contributed by atoms with E-state index in [4.69, 9.17) is 10.5 Å². The molecule has 1 atom stereocenters. The zero-order valence-corrected chi connectivity index (χ0v) is 13.3. The quantitative estimate of drug-likeness (QED) is 0.841. The summed E-state index contributed by atoms with van der Waals surface area (Å²) in [7, 11) is -3.54. The molecule has 0 saturated heterocycles. The van der Waals surface area contributed by atoms with Crippen molar-refractivity contribution in [3.05, 3.63) is 41.8 Å². The van der Waals surface area contributed by atoms with Crippen LogP contribution in [0.4, 0.5) is 0 Å². The molecule has 21 heavy (non-hydrogen) atoms. The first-order valence-electron chi connectivity index (χ1n) is 6.56. The number of ether oxygens (including phenoxy) is 1. The van der Waals surface area contributed by atoms with Gasteiger partial charge in [0, 0.05) is 11.4 Å². The third-order valence-electron chi connectivity index (χ3n) is 2.40. The molecule has 6 heteroatoms. The van der Waals surface area contributed by atoms with Crippen molar-refractivity contribution in [1.82, 2.24) is 0 Å². The molecular formula is C15H21NO4S. The normalized spacial score (nSPS) is 14.1. The van der Waals surface area contributed by atoms with Crippen molar-refractivity contribution in [3.63, 3.8) is 0 Å². The zero-order valence-electron chi connectivity index (χ0n) is 12.4. The molecule has 0 saturated carbocycles. The Balaban J connectivity index is 2.66. The topological polar surface area (TPSA) is 86.5 Å². The van der Waals surface area contributed by atoms with Crippen LogP contribution in [0.15, 0.2) is 46.7 Å². The highest BCUT2D eigenvalue weighted by molar-refractivity contribution is 7.94. The number of hydrogen-bond acceptors (Lipinski definition) is 5. The Labute approximate surface area is 125 Å². The second kappa shape index (κ2) is 6.87. The number of benzene rings is 1. The smallest absolute Gasteiger partial charge is 0.308 e. The number of carbonyl (C=O) groups excluding carboxylic acids is 1. The van der Waals surface area contributed by atoms with Crippen LogP contribution in [-0.4, -0.2) is 26.0 Å². The summed E-state index contributed by atoms with van der Waals surface area (Å²) >= 11 is 0. The molecule has 0 radical (unpaired) electrons. The van der Waals surface area contributed by atoms with Gasteiger partial charge >= 0.3 is 5.97 Å². The highest BCUT2D eigenvalue weighted by atomic mass is 32.2. The highest BCUT2D eigenvalue weighted by Gasteiger charge is 2.18. The molecular weight excluding hydrogens is 290 g/mol. The first-order chi connectivity index (χ1) is 9.60. The number of carbonyl (C=O) groups is 1. The van der Waals surface area contributed by atoms with E-state index in [2.05, 4.69) is 0 Å². The maximum atomic E-state index is 12.0. The fourth-order valence-electron chi connectivity index (χ4n) is 1.54. The Kier molecular flexibility index (Phi) is 5.69. The van der Waals surface area contributed by atoms with Gasteiger partial charge in [0.05, 0.1) is 11.3 Å². The van der Waals surface area contributed by atoms with Gasteiger partial charge in [-0.15, -0.1) is 0 Å². The summed E-state index contributed by atoms with van der Waals surface area (Å²) in [4.78, 5) is 11.8. The van der Waals surface area contributed by atoms with Crippen LogP contribution < -0.4 is 5.73 Å². The van der Waals surface area contributed by atoms with Crippen molar-refractivity contribution in [2.24, 2.45) is 5.73 Å². The van der Waals surface area contributed by atoms with Gasteiger partial charge in [-0.05, 0) is 32.9 Å². The average Bonchev–Trinajstić information content (AvgIpc) is 2.35. The van der Waals surface area contributed by atoms with Crippen molar-refractivity contribution in [3.8, 4) is 0 Å². The summed E-state index contributed by atoms with van der Waals surface area (Å²) in [6.45, 7) is 5.27. The van der Waals surface area contributed by atoms with E-state index in [1.807, 2.05) is 0 Å². The fraction of sp³-hybridized carbons (Fsp3) is 0.400. The first kappa shape index (κ1) is 17.4. The van der Waals surface area contributed by atoms with Gasteiger partial charge < -0.3 is 10.5 Å². The van der Waals surface area contributed by atoms with Crippen LogP contribution in [0.1, 0.15) is 27.2 Å². The van der Waals surface area contributed by atoms with E-state index in [0.717, 1.165) is 5.41 Å². The van der Waals surface area contributed by atoms with Crippen LogP contribution >= 0.6 is 0 Å². The minimum Gasteiger partial charge on any atom is -0.460 e. The van der Waals surface area contributed by atoms with E-state index in [-0.39, 0.29) is 11.3 Å². The lowest BCUT2D eigenvalue weighted by atomic mass is 10.2. The van der Waals surface area contributed by atoms with E-state index in [1.165, 1.54) is 18.2 Å². The van der Waals surface area contributed by atoms with Crippen LogP contribution in [-0.2, 0) is 19.4 Å². The molecule has 1 aromatic rings. The summed E-state index contributed by atoms with van der Waals surface area (Å²) in [5.74, 6) is -0.461. The lowest BCUT2D eigenvalue weighted by Gasteiger charge is -2.20. The van der Waals surface area contributed by atoms with E-state index < -0.39 is 27.4 Å². The third kappa shape index (κ3) is 6.55. The number of rotatable bonds is 5. The number of hydrogen-bond donors (Lipinski definition) is 1. The van der Waals surface area contributed by atoms with Crippen LogP contribution in [0.5, 0.6) is 0 Å². The van der Waals surface area contributed by atoms with Gasteiger partial charge in [0.25, 0.3) is 0 Å². The third-order valence-corrected chi connectivity index (χ3v) is 3.84. The molecule has 116 valence electrons. The molecule has 5 nitrogen and oxygen atoms in total. The van der Waals surface area contributed by atoms with E-state index in [9.17, 15) is 13.2 Å². The van der Waals surface area contributed by atoms with E-state index >= 15 is 0 Å². The Hall–Kier alpha value is -1.66. The van der Waals surface area contributed by atoms with Crippen LogP contribution in [0.25, 0.3) is 0 Å². The van der Waals surface area contributed by atoms with Crippen molar-refractivity contribution in [2.75, 3.05) is 0 Å². The Morgan fingerprint density at radius 3 is 2.38 bits per heavy atom. The molecule has 0 amide bonds. The maximum absolute atomic E-state index is 12.0. The molecule has 0 aliphatic carbocycles. The van der Waals surface area contributed by atoms with Gasteiger partial charge in [-0.1, -0.05) is 24.3 Å². The van der Waals surface area contributed by atoms with Crippen molar-refractivity contribution >= 4 is 15.8 Å². The molecule has 0 heterocycles. The molecule has 0 bridgehead atoms. The van der Waals surface area contributed by atoms with Gasteiger partial charge in [0.15, 0.2) is 9.84 Å². The second-order valence-electron chi connectivity index (χ2n) is 5.64. The van der Waals surface area contributed by atoms with E-state index in [1.54, 1.807) is 39.0 Å². The van der Waals surface area contributed by atoms with Gasteiger partial charge in [-0.3, -0.25) is 4.79 Å². The Bertz CT molecular complexity index is 600. The van der Waals surface area contributed by atoms with Crippen LogP contribution in [0.3, 0.4) is 0 Å². The van der Waals surface area contributed by atoms with Gasteiger partial charge in [0.2, 0.25) is 0 Å². The van der Waals surface area contributed by atoms with Crippen LogP contribution in [0, 0.1) is 0 Å². The molecule has 2 N–H and O–H groups in total. The summed E-state index contributed by atoms with van der Waals surface area (Å²) in [6, 6.07) is 7.30. The number of sulfone groups is 1. The molecule has 0 aliphatic rings. The lowest BCUT2D eigenvalue weighted by molar-refractivity contribution is -0.154. The molecule has 0 spiro atoms. The first-order valence-corrected chi connectivity index (χ1v) is 8.10. The summed E-state index contributed by atoms with van der Waals surface area (Å²) in [5.41, 5.74) is 5.14. The lowest BCUT2D eigenvalue weighted by Crippen LogP contribution is -2.29. The monoisotopic (exact) mass is 311 g/mol. The van der Waals surface area contributed by atoms with Gasteiger partial charge in [-0.2, -0.15) is 0 Å². The van der Waals surface area contributed by atoms with Gasteiger partial charge in [-0.25, -0.2) is 8.42 Å². The number of nitrogens with two attached hydrogens (primary N) is 1. The Morgan fingerprint density at radius 2 is 1.86 bits per heavy atom. The maximum Gasteiger partial charge on any atom is 0.308 e. The Morgan fingerprint density at radius 1 is 1.29 bits per heavy atom. The largest absolute Gasteiger partial charge is 0.460 e. The SMILES string of the molecule is CC(C)(C)OC(=O)CC(N)/C=C/S(=O)(=O)c1ccccc1. The predicted octanol–water partition coefficient (Wildman–Crippen LogP) is 2.03. The molecule has 0 aromatic heterocycles. The summed E-state index contributed by atoms with van der Waals surface area (Å²) < 4.78 is 29.1. The highest BCUT2D eigenvalue weighted by Crippen LogP contribution is 2.12. The molecule has 1 unspecified atom stereocenters. The average molecular weight is 311 g/mol.